The van der Waals surface area contributed by atoms with E-state index in [-0.39, 0.29) is 11.3 Å². The first-order chi connectivity index (χ1) is 12.3. The van der Waals surface area contributed by atoms with Gasteiger partial charge in [-0.05, 0) is 32.0 Å². The molecule has 1 amide bonds. The third kappa shape index (κ3) is 3.74. The van der Waals surface area contributed by atoms with Gasteiger partial charge in [-0.2, -0.15) is 0 Å². The minimum atomic E-state index is -0.502. The average molecular weight is 388 g/mol. The van der Waals surface area contributed by atoms with Gasteiger partial charge in [-0.3, -0.25) is 20.2 Å². The molecule has 0 saturated carbocycles. The summed E-state index contributed by atoms with van der Waals surface area (Å²) in [5, 5.41) is 14.8. The SMILES string of the molecule is Cc1ccc(C(=O)Nc2nc(-c3ccc(Cl)cc3)c(C)s2)cc1[N+](=O)[O-]. The van der Waals surface area contributed by atoms with E-state index in [0.717, 1.165) is 16.1 Å². The Bertz CT molecular complexity index is 999. The molecule has 0 spiro atoms. The van der Waals surface area contributed by atoms with Crippen LogP contribution in [-0.2, 0) is 0 Å². The average Bonchev–Trinajstić information content (AvgIpc) is 2.96. The van der Waals surface area contributed by atoms with E-state index in [1.165, 1.54) is 17.4 Å². The highest BCUT2D eigenvalue weighted by molar-refractivity contribution is 7.16. The molecule has 0 unspecified atom stereocenters. The van der Waals surface area contributed by atoms with Crippen molar-refractivity contribution < 1.29 is 9.72 Å². The fourth-order valence-corrected chi connectivity index (χ4v) is 3.40. The van der Waals surface area contributed by atoms with Crippen LogP contribution < -0.4 is 5.32 Å². The van der Waals surface area contributed by atoms with Crippen LogP contribution in [0.4, 0.5) is 10.8 Å². The molecule has 8 heteroatoms. The molecule has 132 valence electrons. The summed E-state index contributed by atoms with van der Waals surface area (Å²) in [6.07, 6.45) is 0. The van der Waals surface area contributed by atoms with Gasteiger partial charge in [0.15, 0.2) is 5.13 Å². The molecule has 2 aromatic carbocycles. The van der Waals surface area contributed by atoms with E-state index < -0.39 is 10.8 Å². The minimum Gasteiger partial charge on any atom is -0.298 e. The summed E-state index contributed by atoms with van der Waals surface area (Å²) >= 11 is 7.24. The van der Waals surface area contributed by atoms with E-state index in [1.54, 1.807) is 31.2 Å². The van der Waals surface area contributed by atoms with Crippen molar-refractivity contribution in [2.45, 2.75) is 13.8 Å². The number of aromatic nitrogens is 1. The van der Waals surface area contributed by atoms with Gasteiger partial charge in [0, 0.05) is 32.7 Å². The Morgan fingerprint density at radius 3 is 2.54 bits per heavy atom. The largest absolute Gasteiger partial charge is 0.298 e. The first-order valence-corrected chi connectivity index (χ1v) is 8.84. The third-order valence-corrected chi connectivity index (χ3v) is 4.94. The molecular formula is C18H14ClN3O3S. The summed E-state index contributed by atoms with van der Waals surface area (Å²) in [4.78, 5) is 28.4. The van der Waals surface area contributed by atoms with Crippen molar-refractivity contribution in [3.05, 3.63) is 73.6 Å². The summed E-state index contributed by atoms with van der Waals surface area (Å²) in [6, 6.07) is 11.7. The number of aryl methyl sites for hydroxylation is 2. The van der Waals surface area contributed by atoms with Gasteiger partial charge in [-0.1, -0.05) is 29.8 Å². The highest BCUT2D eigenvalue weighted by Crippen LogP contribution is 2.31. The van der Waals surface area contributed by atoms with Crippen molar-refractivity contribution in [2.75, 3.05) is 5.32 Å². The van der Waals surface area contributed by atoms with Gasteiger partial charge in [0.1, 0.15) is 0 Å². The number of anilines is 1. The molecule has 1 heterocycles. The number of hydrogen-bond donors (Lipinski definition) is 1. The number of amides is 1. The van der Waals surface area contributed by atoms with Gasteiger partial charge in [-0.15, -0.1) is 11.3 Å². The summed E-state index contributed by atoms with van der Waals surface area (Å²) in [6.45, 7) is 3.54. The first kappa shape index (κ1) is 18.0. The van der Waals surface area contributed by atoms with Crippen LogP contribution >= 0.6 is 22.9 Å². The second-order valence-electron chi connectivity index (χ2n) is 5.64. The third-order valence-electron chi connectivity index (χ3n) is 3.80. The number of benzene rings is 2. The maximum atomic E-state index is 12.4. The lowest BCUT2D eigenvalue weighted by Gasteiger charge is -2.03. The van der Waals surface area contributed by atoms with E-state index in [1.807, 2.05) is 19.1 Å². The Morgan fingerprint density at radius 2 is 1.88 bits per heavy atom. The van der Waals surface area contributed by atoms with E-state index >= 15 is 0 Å². The fourth-order valence-electron chi connectivity index (χ4n) is 2.44. The number of thiazole rings is 1. The van der Waals surface area contributed by atoms with Crippen LogP contribution in [0.25, 0.3) is 11.3 Å². The topological polar surface area (TPSA) is 85.1 Å². The number of carbonyl (C=O) groups excluding carboxylic acids is 1. The van der Waals surface area contributed by atoms with Crippen molar-refractivity contribution >= 4 is 39.7 Å². The molecule has 0 bridgehead atoms. The van der Waals surface area contributed by atoms with E-state index in [0.29, 0.717) is 15.7 Å². The second kappa shape index (κ2) is 7.23. The summed E-state index contributed by atoms with van der Waals surface area (Å²) in [5.74, 6) is -0.440. The lowest BCUT2D eigenvalue weighted by atomic mass is 10.1. The Morgan fingerprint density at radius 1 is 1.19 bits per heavy atom. The summed E-state index contributed by atoms with van der Waals surface area (Å²) < 4.78 is 0. The van der Waals surface area contributed by atoms with Gasteiger partial charge in [0.05, 0.1) is 10.6 Å². The second-order valence-corrected chi connectivity index (χ2v) is 7.28. The molecule has 0 saturated heterocycles. The lowest BCUT2D eigenvalue weighted by molar-refractivity contribution is -0.385. The van der Waals surface area contributed by atoms with Crippen molar-refractivity contribution in [3.8, 4) is 11.3 Å². The molecule has 1 aromatic heterocycles. The number of hydrogen-bond acceptors (Lipinski definition) is 5. The fraction of sp³-hybridized carbons (Fsp3) is 0.111. The van der Waals surface area contributed by atoms with Crippen LogP contribution in [0, 0.1) is 24.0 Å². The van der Waals surface area contributed by atoms with E-state index in [2.05, 4.69) is 10.3 Å². The maximum Gasteiger partial charge on any atom is 0.273 e. The molecule has 26 heavy (non-hydrogen) atoms. The number of nitro benzene ring substituents is 1. The van der Waals surface area contributed by atoms with Gasteiger partial charge in [-0.25, -0.2) is 4.98 Å². The predicted molar refractivity (Wildman–Crippen MR) is 103 cm³/mol. The summed E-state index contributed by atoms with van der Waals surface area (Å²) in [7, 11) is 0. The Balaban J connectivity index is 1.84. The highest BCUT2D eigenvalue weighted by Gasteiger charge is 2.17. The van der Waals surface area contributed by atoms with Crippen molar-refractivity contribution in [2.24, 2.45) is 0 Å². The molecule has 6 nitrogen and oxygen atoms in total. The number of carbonyl (C=O) groups is 1. The van der Waals surface area contributed by atoms with Gasteiger partial charge in [0.2, 0.25) is 0 Å². The molecule has 3 rings (SSSR count). The molecule has 0 aliphatic heterocycles. The Hall–Kier alpha value is -2.77. The van der Waals surface area contributed by atoms with Crippen molar-refractivity contribution in [3.63, 3.8) is 0 Å². The number of rotatable bonds is 4. The smallest absolute Gasteiger partial charge is 0.273 e. The van der Waals surface area contributed by atoms with Gasteiger partial charge in [0.25, 0.3) is 11.6 Å². The van der Waals surface area contributed by atoms with Crippen molar-refractivity contribution in [1.82, 2.24) is 4.98 Å². The zero-order valence-electron chi connectivity index (χ0n) is 13.9. The van der Waals surface area contributed by atoms with E-state index in [9.17, 15) is 14.9 Å². The molecule has 0 aliphatic rings. The molecule has 1 N–H and O–H groups in total. The monoisotopic (exact) mass is 387 g/mol. The lowest BCUT2D eigenvalue weighted by Crippen LogP contribution is -2.12. The minimum absolute atomic E-state index is 0.0881. The molecule has 0 radical (unpaired) electrons. The maximum absolute atomic E-state index is 12.4. The van der Waals surface area contributed by atoms with Crippen LogP contribution in [0.15, 0.2) is 42.5 Å². The first-order valence-electron chi connectivity index (χ1n) is 7.65. The van der Waals surface area contributed by atoms with Gasteiger partial charge < -0.3 is 0 Å². The zero-order valence-corrected chi connectivity index (χ0v) is 15.5. The quantitative estimate of drug-likeness (QED) is 0.490. The molecular weight excluding hydrogens is 374 g/mol. The zero-order chi connectivity index (χ0) is 18.8. The number of nitro groups is 1. The highest BCUT2D eigenvalue weighted by atomic mass is 35.5. The standard InChI is InChI=1S/C18H14ClN3O3S/c1-10-3-4-13(9-15(10)22(24)25)17(23)21-18-20-16(11(2)26-18)12-5-7-14(19)8-6-12/h3-9H,1-2H3,(H,20,21,23). The van der Waals surface area contributed by atoms with E-state index in [4.69, 9.17) is 11.6 Å². The van der Waals surface area contributed by atoms with Crippen LogP contribution in [0.1, 0.15) is 20.8 Å². The molecule has 0 aliphatic carbocycles. The normalized spacial score (nSPS) is 10.6. The molecule has 0 atom stereocenters. The van der Waals surface area contributed by atoms with Crippen LogP contribution in [-0.4, -0.2) is 15.8 Å². The van der Waals surface area contributed by atoms with Gasteiger partial charge >= 0.3 is 0 Å². The number of halogens is 1. The van der Waals surface area contributed by atoms with Crippen LogP contribution in [0.3, 0.4) is 0 Å². The van der Waals surface area contributed by atoms with Crippen LogP contribution in [0.2, 0.25) is 5.02 Å². The van der Waals surface area contributed by atoms with Crippen LogP contribution in [0.5, 0.6) is 0 Å². The summed E-state index contributed by atoms with van der Waals surface area (Å²) in [5.41, 5.74) is 2.28. The Labute approximate surface area is 158 Å². The molecule has 0 fully saturated rings. The predicted octanol–water partition coefficient (Wildman–Crippen LogP) is 5.24. The molecule has 3 aromatic rings. The van der Waals surface area contributed by atoms with Crippen molar-refractivity contribution in [1.29, 1.82) is 0 Å². The number of nitrogens with zero attached hydrogens (tertiary/aromatic N) is 2. The Kier molecular flexibility index (Phi) is 5.01. The number of nitrogens with one attached hydrogen (secondary N) is 1.